The number of ether oxygens (including phenoxy) is 2. The Morgan fingerprint density at radius 3 is 2.63 bits per heavy atom. The van der Waals surface area contributed by atoms with Gasteiger partial charge < -0.3 is 19.2 Å². The summed E-state index contributed by atoms with van der Waals surface area (Å²) < 4.78 is 16.7. The number of carbonyl (C=O) groups excluding carboxylic acids is 1. The van der Waals surface area contributed by atoms with Crippen molar-refractivity contribution in [2.24, 2.45) is 0 Å². The molecule has 1 aromatic heterocycles. The number of furan rings is 1. The van der Waals surface area contributed by atoms with E-state index in [9.17, 15) is 4.79 Å². The zero-order chi connectivity index (χ0) is 19.1. The summed E-state index contributed by atoms with van der Waals surface area (Å²) in [6.07, 6.45) is 1.57. The van der Waals surface area contributed by atoms with Crippen LogP contribution in [0, 0.1) is 0 Å². The van der Waals surface area contributed by atoms with Crippen LogP contribution < -0.4 is 14.8 Å². The summed E-state index contributed by atoms with van der Waals surface area (Å²) in [4.78, 5) is 12.4. The second-order valence-electron chi connectivity index (χ2n) is 5.76. The molecule has 0 aliphatic rings. The summed E-state index contributed by atoms with van der Waals surface area (Å²) in [5.74, 6) is 1.88. The average molecular weight is 386 g/mol. The van der Waals surface area contributed by atoms with Crippen LogP contribution in [-0.4, -0.2) is 12.5 Å². The molecular formula is C21H20ClNO4. The molecule has 2 aromatic carbocycles. The third-order valence-corrected chi connectivity index (χ3v) is 4.09. The van der Waals surface area contributed by atoms with Crippen molar-refractivity contribution in [3.63, 3.8) is 0 Å². The van der Waals surface area contributed by atoms with Crippen LogP contribution in [0.4, 0.5) is 0 Å². The summed E-state index contributed by atoms with van der Waals surface area (Å²) >= 11 is 5.89. The smallest absolute Gasteiger partial charge is 0.251 e. The fraction of sp³-hybridized carbons (Fsp3) is 0.190. The van der Waals surface area contributed by atoms with Crippen molar-refractivity contribution in [1.29, 1.82) is 0 Å². The molecule has 27 heavy (non-hydrogen) atoms. The second-order valence-corrected chi connectivity index (χ2v) is 6.20. The fourth-order valence-electron chi connectivity index (χ4n) is 2.50. The van der Waals surface area contributed by atoms with Crippen LogP contribution in [-0.2, 0) is 13.2 Å². The van der Waals surface area contributed by atoms with E-state index in [0.29, 0.717) is 41.0 Å². The third-order valence-electron chi connectivity index (χ3n) is 3.83. The third kappa shape index (κ3) is 5.28. The van der Waals surface area contributed by atoms with Crippen LogP contribution in [0.15, 0.2) is 65.3 Å². The number of amides is 1. The predicted molar refractivity (Wildman–Crippen MR) is 103 cm³/mol. The molecule has 0 radical (unpaired) electrons. The molecule has 0 bridgehead atoms. The summed E-state index contributed by atoms with van der Waals surface area (Å²) in [6, 6.07) is 16.0. The average Bonchev–Trinajstić information content (AvgIpc) is 3.20. The van der Waals surface area contributed by atoms with E-state index in [0.717, 1.165) is 5.56 Å². The normalized spacial score (nSPS) is 10.4. The van der Waals surface area contributed by atoms with Gasteiger partial charge in [-0.3, -0.25) is 4.79 Å². The lowest BCUT2D eigenvalue weighted by molar-refractivity contribution is 0.0948. The maximum Gasteiger partial charge on any atom is 0.251 e. The minimum absolute atomic E-state index is 0.192. The van der Waals surface area contributed by atoms with E-state index in [1.807, 2.05) is 13.0 Å². The maximum atomic E-state index is 12.4. The zero-order valence-electron chi connectivity index (χ0n) is 14.9. The first-order valence-electron chi connectivity index (χ1n) is 8.60. The van der Waals surface area contributed by atoms with Crippen molar-refractivity contribution < 1.29 is 18.7 Å². The lowest BCUT2D eigenvalue weighted by Crippen LogP contribution is -2.22. The summed E-state index contributed by atoms with van der Waals surface area (Å²) in [6.45, 7) is 3.04. The molecule has 140 valence electrons. The Bertz CT molecular complexity index is 876. The van der Waals surface area contributed by atoms with E-state index in [1.54, 1.807) is 54.8 Å². The van der Waals surface area contributed by atoms with Crippen LogP contribution in [0.25, 0.3) is 0 Å². The van der Waals surface area contributed by atoms with E-state index in [2.05, 4.69) is 5.32 Å². The molecule has 1 N–H and O–H groups in total. The Morgan fingerprint density at radius 2 is 1.93 bits per heavy atom. The van der Waals surface area contributed by atoms with Crippen molar-refractivity contribution in [3.05, 3.63) is 82.8 Å². The molecule has 0 fully saturated rings. The highest BCUT2D eigenvalue weighted by atomic mass is 35.5. The molecule has 0 spiro atoms. The van der Waals surface area contributed by atoms with Gasteiger partial charge in [0.2, 0.25) is 0 Å². The van der Waals surface area contributed by atoms with Crippen LogP contribution in [0.3, 0.4) is 0 Å². The molecule has 3 aromatic rings. The molecule has 0 saturated carbocycles. The van der Waals surface area contributed by atoms with Crippen molar-refractivity contribution in [1.82, 2.24) is 5.32 Å². The van der Waals surface area contributed by atoms with Gasteiger partial charge in [-0.15, -0.1) is 0 Å². The predicted octanol–water partition coefficient (Wildman–Crippen LogP) is 4.84. The lowest BCUT2D eigenvalue weighted by atomic mass is 10.1. The van der Waals surface area contributed by atoms with Crippen molar-refractivity contribution in [2.75, 3.05) is 6.61 Å². The van der Waals surface area contributed by atoms with Gasteiger partial charge in [0.25, 0.3) is 5.91 Å². The van der Waals surface area contributed by atoms with Crippen LogP contribution in [0.5, 0.6) is 11.5 Å². The summed E-state index contributed by atoms with van der Waals surface area (Å²) in [7, 11) is 0. The van der Waals surface area contributed by atoms with Gasteiger partial charge in [-0.05, 0) is 61.5 Å². The Morgan fingerprint density at radius 1 is 1.11 bits per heavy atom. The number of rotatable bonds is 8. The number of carbonyl (C=O) groups is 1. The number of halogens is 1. The SMILES string of the molecule is CCOc1ccc(C(=O)NCc2ccco2)cc1COc1ccc(Cl)cc1. The van der Waals surface area contributed by atoms with E-state index >= 15 is 0 Å². The summed E-state index contributed by atoms with van der Waals surface area (Å²) in [5.41, 5.74) is 1.32. The van der Waals surface area contributed by atoms with Crippen LogP contribution in [0.1, 0.15) is 28.6 Å². The van der Waals surface area contributed by atoms with Crippen molar-refractivity contribution >= 4 is 17.5 Å². The molecule has 0 unspecified atom stereocenters. The molecular weight excluding hydrogens is 366 g/mol. The van der Waals surface area contributed by atoms with Gasteiger partial charge in [-0.2, -0.15) is 0 Å². The molecule has 6 heteroatoms. The minimum atomic E-state index is -0.192. The highest BCUT2D eigenvalue weighted by Gasteiger charge is 2.12. The first kappa shape index (κ1) is 18.9. The number of nitrogens with one attached hydrogen (secondary N) is 1. The minimum Gasteiger partial charge on any atom is -0.493 e. The van der Waals surface area contributed by atoms with Crippen molar-refractivity contribution in [3.8, 4) is 11.5 Å². The van der Waals surface area contributed by atoms with Gasteiger partial charge in [0.1, 0.15) is 23.9 Å². The van der Waals surface area contributed by atoms with Gasteiger partial charge in [-0.1, -0.05) is 11.6 Å². The highest BCUT2D eigenvalue weighted by molar-refractivity contribution is 6.30. The van der Waals surface area contributed by atoms with Gasteiger partial charge in [-0.25, -0.2) is 0 Å². The lowest BCUT2D eigenvalue weighted by Gasteiger charge is -2.13. The molecule has 0 saturated heterocycles. The first-order chi connectivity index (χ1) is 13.2. The highest BCUT2D eigenvalue weighted by Crippen LogP contribution is 2.23. The Balaban J connectivity index is 1.71. The topological polar surface area (TPSA) is 60.7 Å². The maximum absolute atomic E-state index is 12.4. The van der Waals surface area contributed by atoms with Gasteiger partial charge >= 0.3 is 0 Å². The molecule has 1 amide bonds. The molecule has 0 aliphatic heterocycles. The van der Waals surface area contributed by atoms with E-state index < -0.39 is 0 Å². The van der Waals surface area contributed by atoms with E-state index in [1.165, 1.54) is 0 Å². The zero-order valence-corrected chi connectivity index (χ0v) is 15.7. The van der Waals surface area contributed by atoms with Gasteiger partial charge in [0.15, 0.2) is 0 Å². The first-order valence-corrected chi connectivity index (χ1v) is 8.98. The number of benzene rings is 2. The molecule has 1 heterocycles. The second kappa shape index (κ2) is 9.14. The summed E-state index contributed by atoms with van der Waals surface area (Å²) in [5, 5.41) is 3.48. The quantitative estimate of drug-likeness (QED) is 0.602. The Labute approximate surface area is 162 Å². The molecule has 5 nitrogen and oxygen atoms in total. The van der Waals surface area contributed by atoms with Crippen LogP contribution in [0.2, 0.25) is 5.02 Å². The van der Waals surface area contributed by atoms with E-state index in [4.69, 9.17) is 25.5 Å². The Hall–Kier alpha value is -2.92. The molecule has 3 rings (SSSR count). The largest absolute Gasteiger partial charge is 0.493 e. The number of hydrogen-bond donors (Lipinski definition) is 1. The van der Waals surface area contributed by atoms with E-state index in [-0.39, 0.29) is 12.5 Å². The van der Waals surface area contributed by atoms with Gasteiger partial charge in [0, 0.05) is 16.1 Å². The molecule has 0 atom stereocenters. The van der Waals surface area contributed by atoms with Crippen molar-refractivity contribution in [2.45, 2.75) is 20.1 Å². The van der Waals surface area contributed by atoms with Crippen LogP contribution >= 0.6 is 11.6 Å². The Kier molecular flexibility index (Phi) is 6.39. The standard InChI is InChI=1S/C21H20ClNO4/c1-2-25-20-10-5-15(21(24)23-13-19-4-3-11-26-19)12-16(20)14-27-18-8-6-17(22)7-9-18/h3-12H,2,13-14H2,1H3,(H,23,24). The fourth-order valence-corrected chi connectivity index (χ4v) is 2.63. The number of hydrogen-bond acceptors (Lipinski definition) is 4. The molecule has 0 aliphatic carbocycles. The van der Waals surface area contributed by atoms with Gasteiger partial charge in [0.05, 0.1) is 19.4 Å². The monoisotopic (exact) mass is 385 g/mol.